The number of carbonyl (C=O) groups excluding carboxylic acids is 1. The Morgan fingerprint density at radius 2 is 2.42 bits per heavy atom. The second-order valence-electron chi connectivity index (χ2n) is 3.57. The second kappa shape index (κ2) is 3.41. The molecule has 1 heterocycles. The standard InChI is InChI=1S/C8H14N2O2/c11-8(3-6-1-2-6)10-7-4-9-12-5-7/h6-7,9H,1-5H2,(H,10,11)/t7-/m0/s1. The summed E-state index contributed by atoms with van der Waals surface area (Å²) in [6.07, 6.45) is 3.16. The van der Waals surface area contributed by atoms with Gasteiger partial charge >= 0.3 is 0 Å². The molecule has 0 aromatic carbocycles. The topological polar surface area (TPSA) is 50.4 Å². The zero-order chi connectivity index (χ0) is 8.39. The number of hydroxylamine groups is 1. The Labute approximate surface area is 71.6 Å². The van der Waals surface area contributed by atoms with Crippen molar-refractivity contribution in [2.75, 3.05) is 13.2 Å². The van der Waals surface area contributed by atoms with Gasteiger partial charge < -0.3 is 5.32 Å². The predicted molar refractivity (Wildman–Crippen MR) is 43.2 cm³/mol. The van der Waals surface area contributed by atoms with Gasteiger partial charge in [0.1, 0.15) is 0 Å². The summed E-state index contributed by atoms with van der Waals surface area (Å²) >= 11 is 0. The molecule has 1 amide bonds. The summed E-state index contributed by atoms with van der Waals surface area (Å²) in [5, 5.41) is 2.92. The van der Waals surface area contributed by atoms with E-state index in [2.05, 4.69) is 10.8 Å². The van der Waals surface area contributed by atoms with Crippen molar-refractivity contribution in [1.82, 2.24) is 10.8 Å². The van der Waals surface area contributed by atoms with E-state index >= 15 is 0 Å². The summed E-state index contributed by atoms with van der Waals surface area (Å²) in [5.74, 6) is 0.843. The molecule has 12 heavy (non-hydrogen) atoms. The van der Waals surface area contributed by atoms with Crippen molar-refractivity contribution < 1.29 is 9.63 Å². The van der Waals surface area contributed by atoms with Crippen LogP contribution in [0, 0.1) is 5.92 Å². The molecule has 1 saturated heterocycles. The SMILES string of the molecule is O=C(CC1CC1)N[C@H]1CNOC1. The minimum atomic E-state index is 0.176. The third-order valence-electron chi connectivity index (χ3n) is 2.25. The molecule has 0 unspecified atom stereocenters. The Hall–Kier alpha value is -0.610. The molecule has 1 aliphatic carbocycles. The summed E-state index contributed by atoms with van der Waals surface area (Å²) in [7, 11) is 0. The molecule has 68 valence electrons. The van der Waals surface area contributed by atoms with Crippen LogP contribution in [-0.4, -0.2) is 25.1 Å². The van der Waals surface area contributed by atoms with Gasteiger partial charge in [0.25, 0.3) is 0 Å². The molecule has 0 bridgehead atoms. The van der Waals surface area contributed by atoms with Gasteiger partial charge in [-0.05, 0) is 18.8 Å². The summed E-state index contributed by atoms with van der Waals surface area (Å²) in [4.78, 5) is 16.2. The zero-order valence-electron chi connectivity index (χ0n) is 7.01. The maximum atomic E-state index is 11.3. The fourth-order valence-corrected chi connectivity index (χ4v) is 1.34. The molecule has 0 aromatic rings. The molecule has 2 rings (SSSR count). The lowest BCUT2D eigenvalue weighted by atomic mass is 10.2. The van der Waals surface area contributed by atoms with Crippen LogP contribution in [0.15, 0.2) is 0 Å². The normalized spacial score (nSPS) is 28.8. The van der Waals surface area contributed by atoms with E-state index in [1.54, 1.807) is 0 Å². The summed E-state index contributed by atoms with van der Waals surface area (Å²) in [6.45, 7) is 1.33. The smallest absolute Gasteiger partial charge is 0.220 e. The molecule has 0 spiro atoms. The molecule has 2 fully saturated rings. The van der Waals surface area contributed by atoms with Crippen LogP contribution in [0.1, 0.15) is 19.3 Å². The first-order valence-corrected chi connectivity index (χ1v) is 4.48. The van der Waals surface area contributed by atoms with Gasteiger partial charge in [-0.3, -0.25) is 9.63 Å². The first-order chi connectivity index (χ1) is 5.84. The molecule has 1 atom stereocenters. The molecule has 0 radical (unpaired) electrons. The van der Waals surface area contributed by atoms with E-state index in [9.17, 15) is 4.79 Å². The van der Waals surface area contributed by atoms with Crippen LogP contribution < -0.4 is 10.8 Å². The monoisotopic (exact) mass is 170 g/mol. The van der Waals surface area contributed by atoms with Gasteiger partial charge in [0.15, 0.2) is 0 Å². The van der Waals surface area contributed by atoms with Crippen molar-refractivity contribution in [2.24, 2.45) is 5.92 Å². The largest absolute Gasteiger partial charge is 0.350 e. The van der Waals surface area contributed by atoms with E-state index in [-0.39, 0.29) is 11.9 Å². The van der Waals surface area contributed by atoms with E-state index in [4.69, 9.17) is 4.84 Å². The first-order valence-electron chi connectivity index (χ1n) is 4.48. The minimum absolute atomic E-state index is 0.176. The van der Waals surface area contributed by atoms with Crippen molar-refractivity contribution >= 4 is 5.91 Å². The number of hydrogen-bond acceptors (Lipinski definition) is 3. The molecule has 4 heteroatoms. The lowest BCUT2D eigenvalue weighted by Gasteiger charge is -2.08. The lowest BCUT2D eigenvalue weighted by Crippen LogP contribution is -2.38. The van der Waals surface area contributed by atoms with Crippen molar-refractivity contribution in [3.8, 4) is 0 Å². The Balaban J connectivity index is 1.66. The highest BCUT2D eigenvalue weighted by molar-refractivity contribution is 5.76. The number of amides is 1. The van der Waals surface area contributed by atoms with E-state index in [1.807, 2.05) is 0 Å². The van der Waals surface area contributed by atoms with E-state index in [0.717, 1.165) is 6.54 Å². The Bertz CT molecular complexity index is 174. The van der Waals surface area contributed by atoms with Crippen LogP contribution in [-0.2, 0) is 9.63 Å². The van der Waals surface area contributed by atoms with Crippen molar-refractivity contribution in [3.05, 3.63) is 0 Å². The zero-order valence-corrected chi connectivity index (χ0v) is 7.01. The molecule has 1 aliphatic heterocycles. The summed E-state index contributed by atoms with van der Waals surface area (Å²) < 4.78 is 0. The molecular formula is C8H14N2O2. The maximum Gasteiger partial charge on any atom is 0.220 e. The molecule has 2 N–H and O–H groups in total. The average molecular weight is 170 g/mol. The van der Waals surface area contributed by atoms with Gasteiger partial charge in [-0.15, -0.1) is 0 Å². The highest BCUT2D eigenvalue weighted by atomic mass is 16.7. The van der Waals surface area contributed by atoms with E-state index < -0.39 is 0 Å². The summed E-state index contributed by atoms with van der Waals surface area (Å²) in [5.41, 5.74) is 2.73. The van der Waals surface area contributed by atoms with Gasteiger partial charge in [0.05, 0.1) is 12.6 Å². The lowest BCUT2D eigenvalue weighted by molar-refractivity contribution is -0.122. The highest BCUT2D eigenvalue weighted by Gasteiger charge is 2.26. The van der Waals surface area contributed by atoms with Crippen LogP contribution in [0.25, 0.3) is 0 Å². The van der Waals surface area contributed by atoms with Crippen molar-refractivity contribution in [2.45, 2.75) is 25.3 Å². The molecular weight excluding hydrogens is 156 g/mol. The maximum absolute atomic E-state index is 11.3. The Morgan fingerprint density at radius 1 is 1.58 bits per heavy atom. The molecule has 1 saturated carbocycles. The third kappa shape index (κ3) is 2.19. The minimum Gasteiger partial charge on any atom is -0.350 e. The third-order valence-corrected chi connectivity index (χ3v) is 2.25. The highest BCUT2D eigenvalue weighted by Crippen LogP contribution is 2.32. The summed E-state index contributed by atoms with van der Waals surface area (Å²) in [6, 6.07) is 0.177. The van der Waals surface area contributed by atoms with Gasteiger partial charge in [-0.2, -0.15) is 0 Å². The van der Waals surface area contributed by atoms with Gasteiger partial charge in [0, 0.05) is 13.0 Å². The molecule has 2 aliphatic rings. The predicted octanol–water partition coefficient (Wildman–Crippen LogP) is -0.194. The number of hydrogen-bond donors (Lipinski definition) is 2. The van der Waals surface area contributed by atoms with Gasteiger partial charge in [0.2, 0.25) is 5.91 Å². The van der Waals surface area contributed by atoms with Crippen LogP contribution in [0.3, 0.4) is 0 Å². The van der Waals surface area contributed by atoms with Crippen LogP contribution in [0.4, 0.5) is 0 Å². The molecule has 4 nitrogen and oxygen atoms in total. The second-order valence-corrected chi connectivity index (χ2v) is 3.57. The van der Waals surface area contributed by atoms with Crippen LogP contribution >= 0.6 is 0 Å². The number of nitrogens with one attached hydrogen (secondary N) is 2. The average Bonchev–Trinajstić information content (AvgIpc) is 2.66. The number of carbonyl (C=O) groups is 1. The van der Waals surface area contributed by atoms with E-state index in [1.165, 1.54) is 12.8 Å². The van der Waals surface area contributed by atoms with Crippen molar-refractivity contribution in [3.63, 3.8) is 0 Å². The van der Waals surface area contributed by atoms with Crippen molar-refractivity contribution in [1.29, 1.82) is 0 Å². The molecule has 0 aromatic heterocycles. The number of rotatable bonds is 3. The Morgan fingerprint density at radius 3 is 3.00 bits per heavy atom. The first kappa shape index (κ1) is 8.01. The van der Waals surface area contributed by atoms with E-state index in [0.29, 0.717) is 18.9 Å². The van der Waals surface area contributed by atoms with Crippen LogP contribution in [0.2, 0.25) is 0 Å². The van der Waals surface area contributed by atoms with Gasteiger partial charge in [-0.1, -0.05) is 0 Å². The van der Waals surface area contributed by atoms with Crippen LogP contribution in [0.5, 0.6) is 0 Å². The Kier molecular flexibility index (Phi) is 2.28. The fourth-order valence-electron chi connectivity index (χ4n) is 1.34. The fraction of sp³-hybridized carbons (Fsp3) is 0.875. The quantitative estimate of drug-likeness (QED) is 0.617. The van der Waals surface area contributed by atoms with Gasteiger partial charge in [-0.25, -0.2) is 5.48 Å².